The number of amides is 1. The van der Waals surface area contributed by atoms with Crippen LogP contribution in [0.4, 0.5) is 4.39 Å². The minimum Gasteiger partial charge on any atom is -0.472 e. The molecule has 20 heavy (non-hydrogen) atoms. The average molecular weight is 275 g/mol. The molecule has 7 nitrogen and oxygen atoms in total. The van der Waals surface area contributed by atoms with E-state index in [0.717, 1.165) is 0 Å². The molecule has 0 aliphatic heterocycles. The summed E-state index contributed by atoms with van der Waals surface area (Å²) >= 11 is 0. The topological polar surface area (TPSA) is 92.9 Å². The number of carbonyl (C=O) groups is 1. The number of aryl methyl sites for hydroxylation is 1. The molecular weight excluding hydrogens is 265 g/mol. The van der Waals surface area contributed by atoms with Crippen LogP contribution in [0.25, 0.3) is 10.4 Å². The first kappa shape index (κ1) is 13.6. The number of nitrogens with zero attached hydrogens (tertiary/aromatic N) is 5. The van der Waals surface area contributed by atoms with Gasteiger partial charge >= 0.3 is 0 Å². The van der Waals surface area contributed by atoms with Gasteiger partial charge < -0.3 is 4.74 Å². The molecule has 102 valence electrons. The maximum Gasteiger partial charge on any atom is 0.249 e. The van der Waals surface area contributed by atoms with Crippen molar-refractivity contribution in [1.82, 2.24) is 9.78 Å². The number of rotatable bonds is 4. The van der Waals surface area contributed by atoms with E-state index in [2.05, 4.69) is 15.1 Å². The van der Waals surface area contributed by atoms with E-state index in [0.29, 0.717) is 5.88 Å². The van der Waals surface area contributed by atoms with Crippen molar-refractivity contribution in [3.05, 3.63) is 57.8 Å². The summed E-state index contributed by atoms with van der Waals surface area (Å²) in [6, 6.07) is 5.54. The minimum absolute atomic E-state index is 0.0237. The summed E-state index contributed by atoms with van der Waals surface area (Å²) in [4.78, 5) is 14.0. The second-order valence-corrected chi connectivity index (χ2v) is 3.88. The van der Waals surface area contributed by atoms with Crippen LogP contribution >= 0.6 is 0 Å². The zero-order chi connectivity index (χ0) is 14.5. The Morgan fingerprint density at radius 1 is 1.55 bits per heavy atom. The number of halogens is 1. The predicted octanol–water partition coefficient (Wildman–Crippen LogP) is 2.59. The molecule has 0 saturated heterocycles. The number of benzene rings is 1. The Morgan fingerprint density at radius 2 is 2.35 bits per heavy atom. The van der Waals surface area contributed by atoms with Crippen LogP contribution in [0.2, 0.25) is 0 Å². The summed E-state index contributed by atoms with van der Waals surface area (Å²) in [7, 11) is 1.71. The third-order valence-corrected chi connectivity index (χ3v) is 2.54. The molecule has 0 spiro atoms. The standard InChI is InChI=1S/C12H10FN5O2/c1-18-6-5-11(16-18)20-7-9-8(12(19)15-17-14)3-2-4-10(9)13/h2-6H,7H2,1H3. The number of aromatic nitrogens is 2. The predicted molar refractivity (Wildman–Crippen MR) is 67.4 cm³/mol. The highest BCUT2D eigenvalue weighted by molar-refractivity contribution is 5.96. The molecule has 1 amide bonds. The molecule has 0 atom stereocenters. The third kappa shape index (κ3) is 2.93. The van der Waals surface area contributed by atoms with Crippen LogP contribution in [0.5, 0.6) is 5.88 Å². The Labute approximate surface area is 113 Å². The van der Waals surface area contributed by atoms with Crippen LogP contribution < -0.4 is 4.74 Å². The van der Waals surface area contributed by atoms with Crippen molar-refractivity contribution in [2.75, 3.05) is 0 Å². The Morgan fingerprint density at radius 3 is 3.00 bits per heavy atom. The van der Waals surface area contributed by atoms with Gasteiger partial charge in [-0.05, 0) is 16.7 Å². The number of hydrogen-bond donors (Lipinski definition) is 0. The fourth-order valence-electron chi connectivity index (χ4n) is 1.62. The molecule has 0 N–H and O–H groups in total. The Balaban J connectivity index is 2.25. The molecular formula is C12H10FN5O2. The first-order valence-electron chi connectivity index (χ1n) is 5.61. The monoisotopic (exact) mass is 275 g/mol. The van der Waals surface area contributed by atoms with Gasteiger partial charge in [0.05, 0.1) is 0 Å². The van der Waals surface area contributed by atoms with Crippen LogP contribution in [-0.2, 0) is 13.7 Å². The van der Waals surface area contributed by atoms with Gasteiger partial charge in [-0.1, -0.05) is 12.1 Å². The van der Waals surface area contributed by atoms with E-state index in [-0.39, 0.29) is 17.7 Å². The largest absolute Gasteiger partial charge is 0.472 e. The number of carbonyl (C=O) groups excluding carboxylic acids is 1. The molecule has 0 aliphatic carbocycles. The lowest BCUT2D eigenvalue weighted by Crippen LogP contribution is -2.07. The van der Waals surface area contributed by atoms with Gasteiger partial charge in [0.2, 0.25) is 11.8 Å². The molecule has 0 fully saturated rings. The Hall–Kier alpha value is -2.86. The van der Waals surface area contributed by atoms with Gasteiger partial charge in [0.1, 0.15) is 12.4 Å². The van der Waals surface area contributed by atoms with Crippen LogP contribution in [0.15, 0.2) is 35.6 Å². The third-order valence-electron chi connectivity index (χ3n) is 2.54. The van der Waals surface area contributed by atoms with Crippen molar-refractivity contribution in [1.29, 1.82) is 0 Å². The van der Waals surface area contributed by atoms with Crippen LogP contribution in [0.3, 0.4) is 0 Å². The van der Waals surface area contributed by atoms with E-state index in [4.69, 9.17) is 10.3 Å². The van der Waals surface area contributed by atoms with Crippen LogP contribution in [0.1, 0.15) is 15.9 Å². The van der Waals surface area contributed by atoms with Crippen LogP contribution in [-0.4, -0.2) is 15.7 Å². The fraction of sp³-hybridized carbons (Fsp3) is 0.167. The summed E-state index contributed by atoms with van der Waals surface area (Å²) in [6.07, 6.45) is 1.67. The summed E-state index contributed by atoms with van der Waals surface area (Å²) in [5.74, 6) is -1.16. The van der Waals surface area contributed by atoms with Gasteiger partial charge in [-0.15, -0.1) is 5.10 Å². The lowest BCUT2D eigenvalue weighted by Gasteiger charge is -2.08. The van der Waals surface area contributed by atoms with Gasteiger partial charge in [-0.25, -0.2) is 4.39 Å². The van der Waals surface area contributed by atoms with Gasteiger partial charge in [-0.3, -0.25) is 9.48 Å². The van der Waals surface area contributed by atoms with Crippen molar-refractivity contribution in [2.45, 2.75) is 6.61 Å². The molecule has 0 unspecified atom stereocenters. The first-order chi connectivity index (χ1) is 9.61. The Bertz CT molecular complexity index is 691. The van der Waals surface area contributed by atoms with E-state index >= 15 is 0 Å². The lowest BCUT2D eigenvalue weighted by molar-refractivity contribution is 0.0997. The van der Waals surface area contributed by atoms with Gasteiger partial charge in [0.15, 0.2) is 0 Å². The molecule has 0 aliphatic rings. The molecule has 1 aromatic carbocycles. The zero-order valence-corrected chi connectivity index (χ0v) is 10.5. The number of hydrogen-bond acceptors (Lipinski definition) is 3. The highest BCUT2D eigenvalue weighted by Gasteiger charge is 2.15. The molecule has 1 heterocycles. The molecule has 0 radical (unpaired) electrons. The van der Waals surface area contributed by atoms with E-state index in [1.165, 1.54) is 22.9 Å². The van der Waals surface area contributed by atoms with E-state index in [1.807, 2.05) is 0 Å². The number of azide groups is 1. The van der Waals surface area contributed by atoms with E-state index in [9.17, 15) is 9.18 Å². The maximum atomic E-state index is 13.8. The first-order valence-corrected chi connectivity index (χ1v) is 5.61. The zero-order valence-electron chi connectivity index (χ0n) is 10.5. The molecule has 0 saturated carbocycles. The van der Waals surface area contributed by atoms with Gasteiger partial charge in [-0.2, -0.15) is 0 Å². The summed E-state index contributed by atoms with van der Waals surface area (Å²) in [5.41, 5.74) is 8.26. The molecule has 2 aromatic rings. The SMILES string of the molecule is Cn1ccc(OCc2c(F)cccc2C(=O)N=[N+]=[N-])n1. The molecule has 1 aromatic heterocycles. The van der Waals surface area contributed by atoms with E-state index < -0.39 is 11.7 Å². The molecule has 8 heteroatoms. The second kappa shape index (κ2) is 5.85. The van der Waals surface area contributed by atoms with Gasteiger partial charge in [0.25, 0.3) is 0 Å². The average Bonchev–Trinajstić information content (AvgIpc) is 2.83. The highest BCUT2D eigenvalue weighted by Crippen LogP contribution is 2.17. The smallest absolute Gasteiger partial charge is 0.249 e. The lowest BCUT2D eigenvalue weighted by atomic mass is 10.1. The van der Waals surface area contributed by atoms with Crippen molar-refractivity contribution >= 4 is 5.91 Å². The minimum atomic E-state index is -0.855. The fourth-order valence-corrected chi connectivity index (χ4v) is 1.62. The second-order valence-electron chi connectivity index (χ2n) is 3.88. The normalized spacial score (nSPS) is 9.90. The van der Waals surface area contributed by atoms with Crippen LogP contribution in [0, 0.1) is 5.82 Å². The molecule has 0 bridgehead atoms. The highest BCUT2D eigenvalue weighted by atomic mass is 19.1. The van der Waals surface area contributed by atoms with Crippen molar-refractivity contribution in [2.24, 2.45) is 12.2 Å². The summed E-state index contributed by atoms with van der Waals surface area (Å²) in [5, 5.41) is 6.93. The summed E-state index contributed by atoms with van der Waals surface area (Å²) in [6.45, 7) is -0.189. The number of ether oxygens (including phenoxy) is 1. The van der Waals surface area contributed by atoms with Gasteiger partial charge in [0, 0.05) is 35.3 Å². The Kier molecular flexibility index (Phi) is 3.97. The maximum absolute atomic E-state index is 13.8. The summed E-state index contributed by atoms with van der Waals surface area (Å²) < 4.78 is 20.6. The molecule has 2 rings (SSSR count). The van der Waals surface area contributed by atoms with Crippen molar-refractivity contribution in [3.63, 3.8) is 0 Å². The van der Waals surface area contributed by atoms with Crippen molar-refractivity contribution < 1.29 is 13.9 Å². The quantitative estimate of drug-likeness (QED) is 0.487. The van der Waals surface area contributed by atoms with E-state index in [1.54, 1.807) is 19.3 Å². The van der Waals surface area contributed by atoms with Crippen molar-refractivity contribution in [3.8, 4) is 5.88 Å².